The number of methoxy groups -OCH3 is 1. The van der Waals surface area contributed by atoms with Crippen molar-refractivity contribution in [2.75, 3.05) is 13.7 Å². The van der Waals surface area contributed by atoms with Crippen molar-refractivity contribution < 1.29 is 24.5 Å². The first kappa shape index (κ1) is 17.4. The van der Waals surface area contributed by atoms with Crippen molar-refractivity contribution in [3.8, 4) is 0 Å². The smallest absolute Gasteiger partial charge is 0.417 e. The minimum absolute atomic E-state index is 0.0972. The van der Waals surface area contributed by atoms with E-state index in [-0.39, 0.29) is 23.9 Å². The van der Waals surface area contributed by atoms with Crippen LogP contribution in [0.4, 0.5) is 4.79 Å². The molecule has 0 amide bonds. The zero-order valence-corrected chi connectivity index (χ0v) is 13.9. The van der Waals surface area contributed by atoms with Crippen LogP contribution in [0.5, 0.6) is 0 Å². The van der Waals surface area contributed by atoms with Gasteiger partial charge in [-0.3, -0.25) is 0 Å². The van der Waals surface area contributed by atoms with Gasteiger partial charge in [0.25, 0.3) is 0 Å². The van der Waals surface area contributed by atoms with Crippen molar-refractivity contribution in [2.24, 2.45) is 5.92 Å². The Balaban J connectivity index is 1.98. The van der Waals surface area contributed by atoms with Gasteiger partial charge in [-0.1, -0.05) is 0 Å². The minimum Gasteiger partial charge on any atom is -0.465 e. The lowest BCUT2D eigenvalue weighted by Crippen LogP contribution is -2.31. The number of aromatic nitrogens is 2. The van der Waals surface area contributed by atoms with Gasteiger partial charge in [0.1, 0.15) is 0 Å². The number of carbonyl (C=O) groups excluding carboxylic acids is 1. The van der Waals surface area contributed by atoms with Gasteiger partial charge in [-0.15, -0.1) is 0 Å². The van der Waals surface area contributed by atoms with Crippen LogP contribution in [0, 0.1) is 5.92 Å². The Morgan fingerprint density at radius 1 is 1.48 bits per heavy atom. The van der Waals surface area contributed by atoms with Gasteiger partial charge in [-0.25, -0.2) is 19.1 Å². The van der Waals surface area contributed by atoms with Crippen LogP contribution >= 0.6 is 0 Å². The molecule has 25 heavy (non-hydrogen) atoms. The van der Waals surface area contributed by atoms with Gasteiger partial charge in [0, 0.05) is 37.0 Å². The average Bonchev–Trinajstić information content (AvgIpc) is 3.38. The summed E-state index contributed by atoms with van der Waals surface area (Å²) in [6, 6.07) is 1.70. The zero-order chi connectivity index (χ0) is 18.0. The summed E-state index contributed by atoms with van der Waals surface area (Å²) in [5, 5.41) is 22.5. The van der Waals surface area contributed by atoms with E-state index < -0.39 is 12.1 Å². The lowest BCUT2D eigenvalue weighted by molar-refractivity contribution is 0.0602. The van der Waals surface area contributed by atoms with E-state index in [1.807, 2.05) is 0 Å². The summed E-state index contributed by atoms with van der Waals surface area (Å²) in [4.78, 5) is 27.7. The number of esters is 1. The standard InChI is InChI=1S/C17H21N3O5/c1-25-16(22)12-4-6-18-15-14(12)11(9-20(15)17(23)24)8-19-13(5-7-21)10-2-3-10/h4,6,9-10,13,19,21H,2-3,5,7-8H2,1H3,(H,23,24). The molecule has 1 aliphatic carbocycles. The first-order chi connectivity index (χ1) is 12.1. The molecule has 8 nitrogen and oxygen atoms in total. The molecule has 1 aliphatic rings. The molecular formula is C17H21N3O5. The summed E-state index contributed by atoms with van der Waals surface area (Å²) in [6.07, 6.45) is 4.60. The minimum atomic E-state index is -1.17. The lowest BCUT2D eigenvalue weighted by atomic mass is 10.1. The van der Waals surface area contributed by atoms with E-state index in [4.69, 9.17) is 4.74 Å². The van der Waals surface area contributed by atoms with E-state index in [2.05, 4.69) is 10.3 Å². The van der Waals surface area contributed by atoms with Crippen molar-refractivity contribution in [1.82, 2.24) is 14.9 Å². The topological polar surface area (TPSA) is 114 Å². The molecule has 1 atom stereocenters. The highest BCUT2D eigenvalue weighted by atomic mass is 16.5. The first-order valence-electron chi connectivity index (χ1n) is 8.21. The maximum atomic E-state index is 12.1. The number of carboxylic acid groups (broad SMARTS) is 1. The van der Waals surface area contributed by atoms with Gasteiger partial charge in [-0.05, 0) is 36.8 Å². The number of carbonyl (C=O) groups is 2. The molecule has 0 bridgehead atoms. The molecule has 1 fully saturated rings. The van der Waals surface area contributed by atoms with Crippen LogP contribution in [-0.2, 0) is 11.3 Å². The van der Waals surface area contributed by atoms with Crippen LogP contribution in [-0.4, -0.2) is 51.6 Å². The van der Waals surface area contributed by atoms with E-state index in [1.54, 1.807) is 0 Å². The van der Waals surface area contributed by atoms with Gasteiger partial charge in [0.05, 0.1) is 12.7 Å². The first-order valence-corrected chi connectivity index (χ1v) is 8.21. The second kappa shape index (κ2) is 7.20. The fourth-order valence-corrected chi connectivity index (χ4v) is 3.17. The number of aliphatic hydroxyl groups is 1. The third kappa shape index (κ3) is 3.49. The van der Waals surface area contributed by atoms with Gasteiger partial charge in [0.15, 0.2) is 5.65 Å². The maximum absolute atomic E-state index is 12.1. The molecule has 0 aromatic carbocycles. The monoisotopic (exact) mass is 347 g/mol. The number of hydrogen-bond acceptors (Lipinski definition) is 6. The molecule has 1 unspecified atom stereocenters. The fourth-order valence-electron chi connectivity index (χ4n) is 3.17. The molecule has 3 rings (SSSR count). The van der Waals surface area contributed by atoms with Crippen LogP contribution in [0.2, 0.25) is 0 Å². The summed E-state index contributed by atoms with van der Waals surface area (Å²) in [7, 11) is 1.28. The molecule has 8 heteroatoms. The Morgan fingerprint density at radius 2 is 2.24 bits per heavy atom. The number of nitrogens with zero attached hydrogens (tertiary/aromatic N) is 2. The number of ether oxygens (including phenoxy) is 1. The molecular weight excluding hydrogens is 326 g/mol. The normalized spacial score (nSPS) is 15.3. The van der Waals surface area contributed by atoms with E-state index in [9.17, 15) is 19.8 Å². The summed E-state index contributed by atoms with van der Waals surface area (Å²) in [5.41, 5.74) is 1.15. The Hall–Kier alpha value is -2.45. The summed E-state index contributed by atoms with van der Waals surface area (Å²) < 4.78 is 5.82. The van der Waals surface area contributed by atoms with Crippen molar-refractivity contribution in [3.05, 3.63) is 29.6 Å². The molecule has 1 saturated carbocycles. The highest BCUT2D eigenvalue weighted by Crippen LogP contribution is 2.34. The van der Waals surface area contributed by atoms with Crippen LogP contribution in [0.3, 0.4) is 0 Å². The Morgan fingerprint density at radius 3 is 2.84 bits per heavy atom. The van der Waals surface area contributed by atoms with Crippen molar-refractivity contribution in [1.29, 1.82) is 0 Å². The van der Waals surface area contributed by atoms with Crippen LogP contribution in [0.25, 0.3) is 11.0 Å². The average molecular weight is 347 g/mol. The SMILES string of the molecule is COC(=O)c1ccnc2c1c(CNC(CCO)C1CC1)cn2C(=O)O. The molecule has 2 heterocycles. The third-order valence-electron chi connectivity index (χ3n) is 4.56. The van der Waals surface area contributed by atoms with Crippen molar-refractivity contribution in [2.45, 2.75) is 31.8 Å². The molecule has 3 N–H and O–H groups in total. The second-order valence-corrected chi connectivity index (χ2v) is 6.19. The van der Waals surface area contributed by atoms with Crippen molar-refractivity contribution in [3.63, 3.8) is 0 Å². The lowest BCUT2D eigenvalue weighted by Gasteiger charge is -2.17. The number of pyridine rings is 1. The van der Waals surface area contributed by atoms with Gasteiger partial charge in [0.2, 0.25) is 0 Å². The predicted molar refractivity (Wildman–Crippen MR) is 89.5 cm³/mol. The van der Waals surface area contributed by atoms with Crippen LogP contribution < -0.4 is 5.32 Å². The number of aliphatic hydroxyl groups excluding tert-OH is 1. The van der Waals surface area contributed by atoms with Gasteiger partial charge >= 0.3 is 12.1 Å². The molecule has 0 aliphatic heterocycles. The zero-order valence-electron chi connectivity index (χ0n) is 13.9. The van der Waals surface area contributed by atoms with Gasteiger partial charge < -0.3 is 20.3 Å². The highest BCUT2D eigenvalue weighted by molar-refractivity contribution is 6.05. The van der Waals surface area contributed by atoms with Crippen molar-refractivity contribution >= 4 is 23.1 Å². The van der Waals surface area contributed by atoms with E-state index in [0.29, 0.717) is 29.8 Å². The number of rotatable bonds is 7. The van der Waals surface area contributed by atoms with E-state index in [0.717, 1.165) is 17.4 Å². The Bertz CT molecular complexity index is 797. The maximum Gasteiger partial charge on any atom is 0.417 e. The number of fused-ring (bicyclic) bond motifs is 1. The quantitative estimate of drug-likeness (QED) is 0.652. The van der Waals surface area contributed by atoms with E-state index in [1.165, 1.54) is 25.6 Å². The largest absolute Gasteiger partial charge is 0.465 e. The number of nitrogens with one attached hydrogen (secondary N) is 1. The van der Waals surface area contributed by atoms with E-state index >= 15 is 0 Å². The third-order valence-corrected chi connectivity index (χ3v) is 4.56. The van der Waals surface area contributed by atoms with Crippen LogP contribution in [0.15, 0.2) is 18.5 Å². The Labute approximate surface area is 144 Å². The molecule has 2 aromatic rings. The Kier molecular flexibility index (Phi) is 5.00. The molecule has 0 radical (unpaired) electrons. The summed E-state index contributed by atoms with van der Waals surface area (Å²) >= 11 is 0. The number of hydrogen-bond donors (Lipinski definition) is 3. The van der Waals surface area contributed by atoms with Gasteiger partial charge in [-0.2, -0.15) is 0 Å². The van der Waals surface area contributed by atoms with Crippen LogP contribution in [0.1, 0.15) is 35.2 Å². The predicted octanol–water partition coefficient (Wildman–Crippen LogP) is 1.60. The summed E-state index contributed by atoms with van der Waals surface area (Å²) in [5.74, 6) is 0.00376. The highest BCUT2D eigenvalue weighted by Gasteiger charge is 2.30. The second-order valence-electron chi connectivity index (χ2n) is 6.19. The molecule has 0 saturated heterocycles. The molecule has 0 spiro atoms. The summed E-state index contributed by atoms with van der Waals surface area (Å²) in [6.45, 7) is 0.480. The fraction of sp³-hybridized carbons (Fsp3) is 0.471. The molecule has 2 aromatic heterocycles. The molecule has 134 valence electrons.